The molecule has 3 N–H and O–H groups in total. The summed E-state index contributed by atoms with van der Waals surface area (Å²) >= 11 is 0. The molecule has 0 radical (unpaired) electrons. The molecule has 3 heterocycles. The van der Waals surface area contributed by atoms with Crippen molar-refractivity contribution < 1.29 is 18.7 Å². The predicted octanol–water partition coefficient (Wildman–Crippen LogP) is 3.81. The molecular formula is C26H21N5O5. The lowest BCUT2D eigenvalue weighted by atomic mass is 10.2. The van der Waals surface area contributed by atoms with E-state index in [0.29, 0.717) is 33.7 Å². The van der Waals surface area contributed by atoms with Crippen molar-refractivity contribution in [2.45, 2.75) is 6.92 Å². The van der Waals surface area contributed by atoms with Gasteiger partial charge in [-0.15, -0.1) is 0 Å². The molecule has 180 valence electrons. The van der Waals surface area contributed by atoms with Crippen LogP contribution in [-0.2, 0) is 14.3 Å². The number of carbonyl (C=O) groups is 2. The van der Waals surface area contributed by atoms with Crippen molar-refractivity contribution >= 4 is 34.7 Å². The molecule has 0 aliphatic heterocycles. The van der Waals surface area contributed by atoms with Crippen LogP contribution in [0.25, 0.3) is 34.3 Å². The SMILES string of the molecule is Cc1ccc(-c2nn(-c3ccccc3)cc2C=CC(=O)OCC(=O)Nc2ccc3[nH]c(=O)[nH]c3c2)o1. The van der Waals surface area contributed by atoms with Gasteiger partial charge in [0.15, 0.2) is 12.4 Å². The van der Waals surface area contributed by atoms with Gasteiger partial charge >= 0.3 is 11.7 Å². The highest BCUT2D eigenvalue weighted by Crippen LogP contribution is 2.26. The first kappa shape index (κ1) is 22.7. The minimum absolute atomic E-state index is 0.339. The van der Waals surface area contributed by atoms with E-state index < -0.39 is 18.5 Å². The second-order valence-corrected chi connectivity index (χ2v) is 7.95. The number of rotatable bonds is 7. The van der Waals surface area contributed by atoms with Gasteiger partial charge in [-0.25, -0.2) is 14.3 Å². The number of aryl methyl sites for hydroxylation is 1. The van der Waals surface area contributed by atoms with Crippen molar-refractivity contribution in [2.75, 3.05) is 11.9 Å². The number of esters is 1. The molecule has 0 bridgehead atoms. The van der Waals surface area contributed by atoms with E-state index in [4.69, 9.17) is 9.15 Å². The summed E-state index contributed by atoms with van der Waals surface area (Å²) < 4.78 is 12.5. The van der Waals surface area contributed by atoms with Crippen LogP contribution in [0.5, 0.6) is 0 Å². The Labute approximate surface area is 204 Å². The zero-order valence-corrected chi connectivity index (χ0v) is 19.1. The van der Waals surface area contributed by atoms with Crippen molar-refractivity contribution in [1.29, 1.82) is 0 Å². The number of hydrogen-bond donors (Lipinski definition) is 3. The Hall–Kier alpha value is -5.12. The van der Waals surface area contributed by atoms with Gasteiger partial charge in [0.25, 0.3) is 5.91 Å². The first-order valence-corrected chi connectivity index (χ1v) is 11.0. The zero-order valence-electron chi connectivity index (χ0n) is 19.1. The normalized spacial score (nSPS) is 11.2. The minimum Gasteiger partial charge on any atom is -0.460 e. The summed E-state index contributed by atoms with van der Waals surface area (Å²) in [6, 6.07) is 18.1. The van der Waals surface area contributed by atoms with Crippen molar-refractivity contribution in [2.24, 2.45) is 0 Å². The number of furan rings is 1. The van der Waals surface area contributed by atoms with Gasteiger partial charge in [-0.2, -0.15) is 5.10 Å². The van der Waals surface area contributed by atoms with E-state index in [2.05, 4.69) is 20.4 Å². The third-order valence-electron chi connectivity index (χ3n) is 5.28. The van der Waals surface area contributed by atoms with Gasteiger partial charge in [-0.3, -0.25) is 4.79 Å². The van der Waals surface area contributed by atoms with E-state index in [1.54, 1.807) is 35.2 Å². The fraction of sp³-hybridized carbons (Fsp3) is 0.0769. The van der Waals surface area contributed by atoms with Gasteiger partial charge in [-0.05, 0) is 55.5 Å². The van der Waals surface area contributed by atoms with Crippen molar-refractivity contribution in [3.63, 3.8) is 0 Å². The van der Waals surface area contributed by atoms with Crippen LogP contribution < -0.4 is 11.0 Å². The molecule has 0 saturated carbocycles. The minimum atomic E-state index is -0.690. The number of ether oxygens (including phenoxy) is 1. The van der Waals surface area contributed by atoms with E-state index >= 15 is 0 Å². The highest BCUT2D eigenvalue weighted by Gasteiger charge is 2.14. The van der Waals surface area contributed by atoms with Gasteiger partial charge in [0, 0.05) is 23.5 Å². The van der Waals surface area contributed by atoms with Gasteiger partial charge < -0.3 is 24.4 Å². The number of fused-ring (bicyclic) bond motifs is 1. The topological polar surface area (TPSA) is 135 Å². The van der Waals surface area contributed by atoms with Crippen LogP contribution in [0.1, 0.15) is 11.3 Å². The maximum absolute atomic E-state index is 12.3. The number of H-pyrrole nitrogens is 2. The maximum Gasteiger partial charge on any atom is 0.331 e. The third-order valence-corrected chi connectivity index (χ3v) is 5.28. The number of carbonyl (C=O) groups excluding carboxylic acids is 2. The number of amides is 1. The zero-order chi connectivity index (χ0) is 25.1. The molecule has 1 amide bonds. The monoisotopic (exact) mass is 483 g/mol. The summed E-state index contributed by atoms with van der Waals surface area (Å²) in [4.78, 5) is 41.1. The second-order valence-electron chi connectivity index (χ2n) is 7.95. The molecule has 10 nitrogen and oxygen atoms in total. The largest absolute Gasteiger partial charge is 0.460 e. The second kappa shape index (κ2) is 9.63. The number of nitrogens with zero attached hydrogens (tertiary/aromatic N) is 2. The summed E-state index contributed by atoms with van der Waals surface area (Å²) in [5, 5.41) is 7.24. The van der Waals surface area contributed by atoms with Crippen LogP contribution in [0, 0.1) is 6.92 Å². The van der Waals surface area contributed by atoms with E-state index in [9.17, 15) is 14.4 Å². The van der Waals surface area contributed by atoms with Crippen LogP contribution >= 0.6 is 0 Å². The highest BCUT2D eigenvalue weighted by molar-refractivity contribution is 5.96. The first-order valence-electron chi connectivity index (χ1n) is 11.0. The fourth-order valence-corrected chi connectivity index (χ4v) is 3.63. The molecule has 36 heavy (non-hydrogen) atoms. The smallest absolute Gasteiger partial charge is 0.331 e. The maximum atomic E-state index is 12.3. The number of aromatic nitrogens is 4. The Balaban J connectivity index is 1.26. The summed E-state index contributed by atoms with van der Waals surface area (Å²) in [5.74, 6) is 0.0965. The number of imidazole rings is 1. The molecule has 0 aliphatic rings. The number of para-hydroxylation sites is 1. The lowest BCUT2D eigenvalue weighted by Gasteiger charge is -2.05. The molecule has 0 atom stereocenters. The van der Waals surface area contributed by atoms with Crippen molar-refractivity contribution in [3.8, 4) is 17.1 Å². The van der Waals surface area contributed by atoms with Crippen LogP contribution in [0.4, 0.5) is 5.69 Å². The third kappa shape index (κ3) is 5.02. The molecular weight excluding hydrogens is 462 g/mol. The van der Waals surface area contributed by atoms with E-state index in [0.717, 1.165) is 11.4 Å². The molecule has 3 aromatic heterocycles. The van der Waals surface area contributed by atoms with Gasteiger partial charge in [0.2, 0.25) is 0 Å². The number of anilines is 1. The number of benzene rings is 2. The number of hydrogen-bond acceptors (Lipinski definition) is 6. The Morgan fingerprint density at radius 1 is 1.08 bits per heavy atom. The molecule has 0 saturated heterocycles. The van der Waals surface area contributed by atoms with Crippen LogP contribution in [0.15, 0.2) is 82.1 Å². The Morgan fingerprint density at radius 3 is 2.67 bits per heavy atom. The van der Waals surface area contributed by atoms with Crippen LogP contribution in [0.2, 0.25) is 0 Å². The summed E-state index contributed by atoms with van der Waals surface area (Å²) in [7, 11) is 0. The molecule has 0 aliphatic carbocycles. The standard InChI is InChI=1S/C26H21N5O5/c1-16-7-11-22(36-16)25-17(14-31(30-25)19-5-3-2-4-6-19)8-12-24(33)35-15-23(32)27-18-9-10-20-21(13-18)29-26(34)28-20/h2-14H,15H2,1H3,(H,27,32)(H2,28,29,34). The predicted molar refractivity (Wildman–Crippen MR) is 134 cm³/mol. The van der Waals surface area contributed by atoms with E-state index in [1.165, 1.54) is 6.08 Å². The van der Waals surface area contributed by atoms with Gasteiger partial charge in [0.05, 0.1) is 16.7 Å². The average Bonchev–Trinajstić information content (AvgIpc) is 3.59. The quantitative estimate of drug-likeness (QED) is 0.238. The number of aromatic amines is 2. The van der Waals surface area contributed by atoms with Gasteiger partial charge in [0.1, 0.15) is 11.5 Å². The molecule has 0 unspecified atom stereocenters. The first-order chi connectivity index (χ1) is 17.4. The number of nitrogens with one attached hydrogen (secondary N) is 3. The van der Waals surface area contributed by atoms with Gasteiger partial charge in [-0.1, -0.05) is 18.2 Å². The molecule has 5 rings (SSSR count). The molecule has 0 fully saturated rings. The van der Waals surface area contributed by atoms with E-state index in [1.807, 2.05) is 49.4 Å². The van der Waals surface area contributed by atoms with Crippen molar-refractivity contribution in [1.82, 2.24) is 19.7 Å². The fourth-order valence-electron chi connectivity index (χ4n) is 3.63. The van der Waals surface area contributed by atoms with E-state index in [-0.39, 0.29) is 5.69 Å². The highest BCUT2D eigenvalue weighted by atomic mass is 16.5. The summed E-state index contributed by atoms with van der Waals surface area (Å²) in [6.45, 7) is 1.36. The average molecular weight is 483 g/mol. The Morgan fingerprint density at radius 2 is 1.89 bits per heavy atom. The summed E-state index contributed by atoms with van der Waals surface area (Å²) in [5.41, 5.74) is 3.35. The Kier molecular flexibility index (Phi) is 6.06. The Bertz CT molecular complexity index is 1640. The molecule has 5 aromatic rings. The van der Waals surface area contributed by atoms with Crippen LogP contribution in [-0.4, -0.2) is 38.2 Å². The summed E-state index contributed by atoms with van der Waals surface area (Å²) in [6.07, 6.45) is 4.58. The molecule has 2 aromatic carbocycles. The van der Waals surface area contributed by atoms with Crippen molar-refractivity contribution in [3.05, 3.63) is 94.7 Å². The van der Waals surface area contributed by atoms with Crippen LogP contribution in [0.3, 0.4) is 0 Å². The lowest BCUT2D eigenvalue weighted by Crippen LogP contribution is -2.20. The molecule has 10 heteroatoms. The lowest BCUT2D eigenvalue weighted by molar-refractivity contribution is -0.142. The molecule has 0 spiro atoms.